The van der Waals surface area contributed by atoms with Crippen molar-refractivity contribution in [3.63, 3.8) is 0 Å². The lowest BCUT2D eigenvalue weighted by Crippen LogP contribution is -2.48. The summed E-state index contributed by atoms with van der Waals surface area (Å²) in [4.78, 5) is 26.5. The average molecular weight is 360 g/mol. The summed E-state index contributed by atoms with van der Waals surface area (Å²) in [5.74, 6) is -1.43. The van der Waals surface area contributed by atoms with Crippen molar-refractivity contribution in [2.45, 2.75) is 38.6 Å². The van der Waals surface area contributed by atoms with Crippen LogP contribution >= 0.6 is 27.3 Å². The Morgan fingerprint density at radius 3 is 2.70 bits per heavy atom. The fourth-order valence-corrected chi connectivity index (χ4v) is 4.01. The van der Waals surface area contributed by atoms with E-state index in [1.165, 1.54) is 0 Å². The van der Waals surface area contributed by atoms with Gasteiger partial charge in [-0.1, -0.05) is 0 Å². The Bertz CT molecular complexity index is 516. The fraction of sp³-hybridized carbons (Fsp3) is 0.571. The Hall–Kier alpha value is -0.880. The molecule has 0 bridgehead atoms. The second kappa shape index (κ2) is 6.26. The molecule has 3 unspecified atom stereocenters. The van der Waals surface area contributed by atoms with Gasteiger partial charge in [0.25, 0.3) is 0 Å². The van der Waals surface area contributed by atoms with Crippen molar-refractivity contribution in [2.75, 3.05) is 6.54 Å². The summed E-state index contributed by atoms with van der Waals surface area (Å²) >= 11 is 4.95. The van der Waals surface area contributed by atoms with Gasteiger partial charge in [0, 0.05) is 17.5 Å². The zero-order valence-corrected chi connectivity index (χ0v) is 13.9. The number of likely N-dealkylation sites (tertiary alicyclic amines) is 1. The van der Waals surface area contributed by atoms with Crippen molar-refractivity contribution in [1.29, 1.82) is 0 Å². The number of thiophene rings is 1. The maximum atomic E-state index is 12.6. The minimum atomic E-state index is -0.804. The molecule has 1 aliphatic rings. The Morgan fingerprint density at radius 1 is 1.45 bits per heavy atom. The van der Waals surface area contributed by atoms with Crippen LogP contribution in [-0.4, -0.2) is 34.5 Å². The zero-order valence-electron chi connectivity index (χ0n) is 11.5. The van der Waals surface area contributed by atoms with E-state index < -0.39 is 11.9 Å². The number of carboxylic acids is 1. The number of carbonyl (C=O) groups excluding carboxylic acids is 1. The molecule has 3 atom stereocenters. The van der Waals surface area contributed by atoms with Crippen molar-refractivity contribution in [3.05, 3.63) is 20.8 Å². The van der Waals surface area contributed by atoms with E-state index in [4.69, 9.17) is 5.11 Å². The topological polar surface area (TPSA) is 57.6 Å². The molecule has 1 fully saturated rings. The first-order valence-electron chi connectivity index (χ1n) is 6.68. The number of hydrogen-bond acceptors (Lipinski definition) is 3. The van der Waals surface area contributed by atoms with Gasteiger partial charge in [-0.25, -0.2) is 0 Å². The van der Waals surface area contributed by atoms with Gasteiger partial charge in [-0.3, -0.25) is 9.59 Å². The molecule has 20 heavy (non-hydrogen) atoms. The van der Waals surface area contributed by atoms with Gasteiger partial charge in [0.2, 0.25) is 5.91 Å². The minimum Gasteiger partial charge on any atom is -0.481 e. The number of rotatable bonds is 3. The van der Waals surface area contributed by atoms with Crippen LogP contribution in [0.5, 0.6) is 0 Å². The number of piperidine rings is 1. The summed E-state index contributed by atoms with van der Waals surface area (Å²) in [6, 6.07) is 3.99. The average Bonchev–Trinajstić information content (AvgIpc) is 2.84. The molecule has 110 valence electrons. The Balaban J connectivity index is 2.12. The van der Waals surface area contributed by atoms with Gasteiger partial charge in [-0.15, -0.1) is 11.3 Å². The quantitative estimate of drug-likeness (QED) is 0.900. The number of hydrogen-bond donors (Lipinski definition) is 1. The number of halogens is 1. The molecule has 1 saturated heterocycles. The number of nitrogens with zero attached hydrogens (tertiary/aromatic N) is 1. The molecule has 0 aromatic carbocycles. The molecule has 2 rings (SSSR count). The van der Waals surface area contributed by atoms with Crippen molar-refractivity contribution < 1.29 is 14.7 Å². The van der Waals surface area contributed by atoms with Gasteiger partial charge in [-0.05, 0) is 54.8 Å². The lowest BCUT2D eigenvalue weighted by molar-refractivity contribution is -0.147. The number of carboxylic acid groups (broad SMARTS) is 1. The van der Waals surface area contributed by atoms with Crippen molar-refractivity contribution in [1.82, 2.24) is 4.90 Å². The van der Waals surface area contributed by atoms with Crippen molar-refractivity contribution >= 4 is 39.1 Å². The maximum absolute atomic E-state index is 12.6. The smallest absolute Gasteiger partial charge is 0.308 e. The Kier molecular flexibility index (Phi) is 4.86. The highest BCUT2D eigenvalue weighted by atomic mass is 79.9. The standard InChI is InChI=1S/C14H18BrNO3S/c1-8-3-4-10(14(18)19)7-16(8)13(17)9(2)11-5-6-12(15)20-11/h5-6,8-10H,3-4,7H2,1-2H3,(H,18,19). The molecule has 6 heteroatoms. The largest absolute Gasteiger partial charge is 0.481 e. The Labute approximate surface area is 130 Å². The second-order valence-corrected chi connectivity index (χ2v) is 7.81. The van der Waals surface area contributed by atoms with E-state index in [0.717, 1.165) is 15.1 Å². The van der Waals surface area contributed by atoms with Crippen LogP contribution in [0.15, 0.2) is 15.9 Å². The molecular formula is C14H18BrNO3S. The summed E-state index contributed by atoms with van der Waals surface area (Å²) in [5, 5.41) is 9.14. The molecular weight excluding hydrogens is 342 g/mol. The van der Waals surface area contributed by atoms with E-state index in [0.29, 0.717) is 13.0 Å². The summed E-state index contributed by atoms with van der Waals surface area (Å²) in [5.41, 5.74) is 0. The highest BCUT2D eigenvalue weighted by molar-refractivity contribution is 9.11. The van der Waals surface area contributed by atoms with E-state index >= 15 is 0 Å². The minimum absolute atomic E-state index is 0.0257. The number of carbonyl (C=O) groups is 2. The molecule has 0 aliphatic carbocycles. The number of aliphatic carboxylic acids is 1. The van der Waals surface area contributed by atoms with E-state index in [1.807, 2.05) is 26.0 Å². The van der Waals surface area contributed by atoms with Crippen LogP contribution < -0.4 is 0 Å². The molecule has 1 aromatic heterocycles. The zero-order chi connectivity index (χ0) is 14.9. The van der Waals surface area contributed by atoms with Gasteiger partial charge in [0.1, 0.15) is 0 Å². The van der Waals surface area contributed by atoms with E-state index in [2.05, 4.69) is 15.9 Å². The SMILES string of the molecule is CC(C(=O)N1CC(C(=O)O)CCC1C)c1ccc(Br)s1. The normalized spacial score (nSPS) is 24.4. The van der Waals surface area contributed by atoms with Crippen LogP contribution in [0.2, 0.25) is 0 Å². The molecule has 4 nitrogen and oxygen atoms in total. The van der Waals surface area contributed by atoms with Crippen LogP contribution in [0, 0.1) is 5.92 Å². The molecule has 2 heterocycles. The van der Waals surface area contributed by atoms with Gasteiger partial charge in [-0.2, -0.15) is 0 Å². The first-order valence-corrected chi connectivity index (χ1v) is 8.29. The van der Waals surface area contributed by atoms with E-state index in [-0.39, 0.29) is 17.9 Å². The van der Waals surface area contributed by atoms with Gasteiger partial charge < -0.3 is 10.0 Å². The molecule has 1 N–H and O–H groups in total. The lowest BCUT2D eigenvalue weighted by atomic mass is 9.92. The summed E-state index contributed by atoms with van der Waals surface area (Å²) in [6.07, 6.45) is 1.41. The second-order valence-electron chi connectivity index (χ2n) is 5.32. The molecule has 1 amide bonds. The van der Waals surface area contributed by atoms with Crippen LogP contribution in [-0.2, 0) is 9.59 Å². The third kappa shape index (κ3) is 3.23. The highest BCUT2D eigenvalue weighted by Crippen LogP contribution is 2.32. The van der Waals surface area contributed by atoms with Crippen molar-refractivity contribution in [2.24, 2.45) is 5.92 Å². The predicted octanol–water partition coefficient (Wildman–Crippen LogP) is 3.33. The molecule has 0 spiro atoms. The first kappa shape index (κ1) is 15.5. The molecule has 1 aromatic rings. The lowest BCUT2D eigenvalue weighted by Gasteiger charge is -2.37. The Morgan fingerprint density at radius 2 is 2.15 bits per heavy atom. The monoisotopic (exact) mass is 359 g/mol. The summed E-state index contributed by atoms with van der Waals surface area (Å²) in [7, 11) is 0. The third-order valence-corrected chi connectivity index (χ3v) is 5.71. The predicted molar refractivity (Wildman–Crippen MR) is 82.0 cm³/mol. The molecule has 0 saturated carbocycles. The first-order chi connectivity index (χ1) is 9.40. The van der Waals surface area contributed by atoms with Gasteiger partial charge in [0.05, 0.1) is 15.6 Å². The highest BCUT2D eigenvalue weighted by Gasteiger charge is 2.34. The van der Waals surface area contributed by atoms with Crippen LogP contribution in [0.3, 0.4) is 0 Å². The number of amides is 1. The van der Waals surface area contributed by atoms with E-state index in [1.54, 1.807) is 16.2 Å². The van der Waals surface area contributed by atoms with Crippen LogP contribution in [0.1, 0.15) is 37.5 Å². The van der Waals surface area contributed by atoms with Crippen LogP contribution in [0.25, 0.3) is 0 Å². The van der Waals surface area contributed by atoms with Crippen LogP contribution in [0.4, 0.5) is 0 Å². The summed E-state index contributed by atoms with van der Waals surface area (Å²) < 4.78 is 1.00. The van der Waals surface area contributed by atoms with Gasteiger partial charge >= 0.3 is 5.97 Å². The van der Waals surface area contributed by atoms with Gasteiger partial charge in [0.15, 0.2) is 0 Å². The maximum Gasteiger partial charge on any atom is 0.308 e. The summed E-state index contributed by atoms with van der Waals surface area (Å²) in [6.45, 7) is 4.21. The van der Waals surface area contributed by atoms with E-state index in [9.17, 15) is 9.59 Å². The fourth-order valence-electron chi connectivity index (χ4n) is 2.55. The molecule has 0 radical (unpaired) electrons. The van der Waals surface area contributed by atoms with Crippen molar-refractivity contribution in [3.8, 4) is 0 Å². The molecule has 1 aliphatic heterocycles. The third-order valence-electron chi connectivity index (χ3n) is 3.91.